The molecule has 0 radical (unpaired) electrons. The zero-order chi connectivity index (χ0) is 4.41. The maximum Gasteiger partial charge on any atom is 1.00 e. The van der Waals surface area contributed by atoms with Crippen LogP contribution in [0.25, 0.3) is 0 Å². The molecule has 0 aromatic carbocycles. The fraction of sp³-hybridized carbons (Fsp3) is 0.750. The van der Waals surface area contributed by atoms with Crippen molar-refractivity contribution in [1.29, 1.82) is 0 Å². The number of carbonyl (C=O) groups is 1. The van der Waals surface area contributed by atoms with Crippen molar-refractivity contribution in [1.82, 2.24) is 5.32 Å². The summed E-state index contributed by atoms with van der Waals surface area (Å²) in [7, 11) is 0. The predicted octanol–water partition coefficient (Wildman–Crippen LogP) is -6.10. The molecule has 4 heteroatoms. The summed E-state index contributed by atoms with van der Waals surface area (Å²) < 4.78 is 0. The minimum absolute atomic E-state index is 0. The minimum atomic E-state index is 0. The fourth-order valence-corrected chi connectivity index (χ4v) is 0.565. The molecule has 0 aromatic heterocycles. The number of carbonyl (C=O) groups excluding carboxylic acids is 1. The molecule has 1 amide bonds. The Balaban J connectivity index is 0. The maximum atomic E-state index is 10.1. The van der Waals surface area contributed by atoms with Crippen molar-refractivity contribution in [3.63, 3.8) is 0 Å². The molecule has 1 aliphatic heterocycles. The quantitative estimate of drug-likeness (QED) is 0.323. The van der Waals surface area contributed by atoms with E-state index < -0.39 is 0 Å². The molecule has 0 aliphatic carbocycles. The zero-order valence-corrected chi connectivity index (χ0v) is 5.66. The van der Waals surface area contributed by atoms with Gasteiger partial charge in [-0.25, -0.2) is 0 Å². The van der Waals surface area contributed by atoms with Crippen LogP contribution in [0.2, 0.25) is 0 Å². The van der Waals surface area contributed by atoms with E-state index in [1.165, 1.54) is 0 Å². The van der Waals surface area contributed by atoms with E-state index in [9.17, 15) is 4.79 Å². The smallest absolute Gasteiger partial charge is 1.00 e. The van der Waals surface area contributed by atoms with Crippen molar-refractivity contribution < 1.29 is 36.1 Å². The molecular weight excluding hydrogens is 120 g/mol. The molecule has 2 nitrogen and oxygen atoms in total. The van der Waals surface area contributed by atoms with E-state index in [2.05, 4.69) is 5.32 Å². The number of amides is 1. The third kappa shape index (κ3) is 3.37. The van der Waals surface area contributed by atoms with E-state index in [0.717, 1.165) is 19.4 Å². The number of rotatable bonds is 0. The van der Waals surface area contributed by atoms with E-state index in [4.69, 9.17) is 0 Å². The Morgan fingerprint density at radius 3 is 2.25 bits per heavy atom. The SMILES string of the molecule is O=C1CCCN1.[Cl-].[Li+]. The Kier molecular flexibility index (Phi) is 7.69. The molecule has 1 fully saturated rings. The van der Waals surface area contributed by atoms with Crippen LogP contribution in [0.5, 0.6) is 0 Å². The van der Waals surface area contributed by atoms with Gasteiger partial charge in [0.2, 0.25) is 5.91 Å². The molecular formula is C4H7ClLiNO. The fourth-order valence-electron chi connectivity index (χ4n) is 0.565. The van der Waals surface area contributed by atoms with Crippen LogP contribution in [0.4, 0.5) is 0 Å². The number of nitrogens with one attached hydrogen (secondary N) is 1. The van der Waals surface area contributed by atoms with Gasteiger partial charge in [-0.1, -0.05) is 0 Å². The van der Waals surface area contributed by atoms with Crippen LogP contribution >= 0.6 is 0 Å². The van der Waals surface area contributed by atoms with Gasteiger partial charge in [-0.2, -0.15) is 0 Å². The summed E-state index contributed by atoms with van der Waals surface area (Å²) in [5.74, 6) is 0.204. The Hall–Kier alpha value is 0.357. The third-order valence-corrected chi connectivity index (χ3v) is 0.903. The molecule has 0 atom stereocenters. The van der Waals surface area contributed by atoms with Gasteiger partial charge in [0.15, 0.2) is 0 Å². The van der Waals surface area contributed by atoms with Gasteiger partial charge in [0.1, 0.15) is 0 Å². The summed E-state index contributed by atoms with van der Waals surface area (Å²) in [6.45, 7) is 0.888. The van der Waals surface area contributed by atoms with Gasteiger partial charge >= 0.3 is 18.9 Å². The van der Waals surface area contributed by atoms with E-state index in [1.807, 2.05) is 0 Å². The second-order valence-corrected chi connectivity index (χ2v) is 1.45. The van der Waals surface area contributed by atoms with Crippen LogP contribution in [-0.2, 0) is 4.79 Å². The van der Waals surface area contributed by atoms with Gasteiger partial charge in [0, 0.05) is 13.0 Å². The molecule has 1 heterocycles. The van der Waals surface area contributed by atoms with Crippen molar-refractivity contribution in [2.24, 2.45) is 0 Å². The van der Waals surface area contributed by atoms with Crippen molar-refractivity contribution in [2.75, 3.05) is 6.54 Å². The molecule has 42 valence electrons. The first-order valence-corrected chi connectivity index (χ1v) is 2.16. The van der Waals surface area contributed by atoms with Crippen molar-refractivity contribution >= 4 is 5.91 Å². The van der Waals surface area contributed by atoms with Crippen LogP contribution in [0.3, 0.4) is 0 Å². The Labute approximate surface area is 67.0 Å². The van der Waals surface area contributed by atoms with E-state index in [0.29, 0.717) is 0 Å². The van der Waals surface area contributed by atoms with Crippen LogP contribution in [0.15, 0.2) is 0 Å². The minimum Gasteiger partial charge on any atom is -1.00 e. The van der Waals surface area contributed by atoms with E-state index >= 15 is 0 Å². The molecule has 8 heavy (non-hydrogen) atoms. The molecule has 1 aliphatic rings. The standard InChI is InChI=1S/C4H7NO.ClH.Li/c6-4-2-1-3-5-4;;/h1-3H2,(H,5,6);1H;/q;;+1/p-1. The third-order valence-electron chi connectivity index (χ3n) is 0.903. The first-order valence-electron chi connectivity index (χ1n) is 2.16. The van der Waals surface area contributed by atoms with Crippen molar-refractivity contribution in [2.45, 2.75) is 12.8 Å². The van der Waals surface area contributed by atoms with Crippen molar-refractivity contribution in [3.05, 3.63) is 0 Å². The van der Waals surface area contributed by atoms with Gasteiger partial charge in [0.25, 0.3) is 0 Å². The molecule has 1 N–H and O–H groups in total. The van der Waals surface area contributed by atoms with Gasteiger partial charge in [-0.15, -0.1) is 0 Å². The van der Waals surface area contributed by atoms with E-state index in [-0.39, 0.29) is 37.2 Å². The van der Waals surface area contributed by atoms with Gasteiger partial charge in [-0.3, -0.25) is 4.79 Å². The van der Waals surface area contributed by atoms with Crippen LogP contribution in [0.1, 0.15) is 12.8 Å². The number of hydrogen-bond donors (Lipinski definition) is 1. The maximum absolute atomic E-state index is 10.1. The summed E-state index contributed by atoms with van der Waals surface area (Å²) in [5, 5.41) is 2.68. The molecule has 0 saturated carbocycles. The first kappa shape index (κ1) is 11.2. The second kappa shape index (κ2) is 5.49. The zero-order valence-electron chi connectivity index (χ0n) is 4.91. The van der Waals surface area contributed by atoms with Gasteiger partial charge in [-0.05, 0) is 6.42 Å². The number of halogens is 1. The molecule has 0 aromatic rings. The topological polar surface area (TPSA) is 29.1 Å². The van der Waals surface area contributed by atoms with Crippen LogP contribution in [0, 0.1) is 0 Å². The summed E-state index contributed by atoms with van der Waals surface area (Å²) in [4.78, 5) is 10.1. The molecule has 1 rings (SSSR count). The Bertz CT molecular complexity index is 70.4. The predicted molar refractivity (Wildman–Crippen MR) is 22.2 cm³/mol. The van der Waals surface area contributed by atoms with Crippen LogP contribution < -0.4 is 36.6 Å². The largest absolute Gasteiger partial charge is 1.00 e. The number of hydrogen-bond acceptors (Lipinski definition) is 1. The van der Waals surface area contributed by atoms with Gasteiger partial charge in [0.05, 0.1) is 0 Å². The summed E-state index contributed by atoms with van der Waals surface area (Å²) in [6.07, 6.45) is 1.76. The second-order valence-electron chi connectivity index (χ2n) is 1.45. The summed E-state index contributed by atoms with van der Waals surface area (Å²) in [5.41, 5.74) is 0. The van der Waals surface area contributed by atoms with Gasteiger partial charge < -0.3 is 17.7 Å². The Morgan fingerprint density at radius 2 is 2.12 bits per heavy atom. The molecule has 1 saturated heterocycles. The van der Waals surface area contributed by atoms with E-state index in [1.54, 1.807) is 0 Å². The van der Waals surface area contributed by atoms with Crippen molar-refractivity contribution in [3.8, 4) is 0 Å². The Morgan fingerprint density at radius 1 is 1.50 bits per heavy atom. The molecule has 0 spiro atoms. The average molecular weight is 128 g/mol. The average Bonchev–Trinajstić information content (AvgIpc) is 1.86. The first-order chi connectivity index (χ1) is 2.89. The normalized spacial score (nSPS) is 15.8. The molecule has 0 bridgehead atoms. The molecule has 0 unspecified atom stereocenters. The van der Waals surface area contributed by atoms with Crippen LogP contribution in [-0.4, -0.2) is 12.5 Å². The summed E-state index contributed by atoms with van der Waals surface area (Å²) in [6, 6.07) is 0. The summed E-state index contributed by atoms with van der Waals surface area (Å²) >= 11 is 0. The monoisotopic (exact) mass is 127 g/mol.